The number of amides is 1. The maximum absolute atomic E-state index is 12.3. The Morgan fingerprint density at radius 3 is 2.34 bits per heavy atom. The minimum Gasteiger partial charge on any atom is -0.445 e. The molecule has 1 amide bonds. The number of ether oxygens (including phenoxy) is 1. The smallest absolute Gasteiger partial charge is 0.445 e. The van der Waals surface area contributed by atoms with Crippen molar-refractivity contribution in [3.8, 4) is 0 Å². The average Bonchev–Trinajstić information content (AvgIpc) is 2.98. The molecule has 0 saturated carbocycles. The molecule has 168 valence electrons. The second kappa shape index (κ2) is 9.71. The Balaban J connectivity index is 1.78. The summed E-state index contributed by atoms with van der Waals surface area (Å²) in [6.45, 7) is 10.2. The molecule has 6 nitrogen and oxygen atoms in total. The Morgan fingerprint density at radius 2 is 1.72 bits per heavy atom. The van der Waals surface area contributed by atoms with E-state index in [0.29, 0.717) is 5.56 Å². The zero-order valence-electron chi connectivity index (χ0n) is 19.3. The molecule has 0 aromatic heterocycles. The number of hydrogen-bond acceptors (Lipinski definition) is 5. The predicted molar refractivity (Wildman–Crippen MR) is 125 cm³/mol. The molecular formula is C25H30BNO5. The minimum atomic E-state index is -0.645. The van der Waals surface area contributed by atoms with Crippen molar-refractivity contribution in [1.29, 1.82) is 0 Å². The lowest BCUT2D eigenvalue weighted by molar-refractivity contribution is 0.00578. The summed E-state index contributed by atoms with van der Waals surface area (Å²) >= 11 is 0. The zero-order valence-corrected chi connectivity index (χ0v) is 19.3. The van der Waals surface area contributed by atoms with Crippen LogP contribution >= 0.6 is 0 Å². The summed E-state index contributed by atoms with van der Waals surface area (Å²) in [6.07, 6.45) is 2.18. The van der Waals surface area contributed by atoms with Crippen molar-refractivity contribution in [2.75, 3.05) is 6.54 Å². The molecule has 1 N–H and O–H groups in total. The Kier molecular flexibility index (Phi) is 7.21. The van der Waals surface area contributed by atoms with Crippen molar-refractivity contribution in [2.24, 2.45) is 0 Å². The molecule has 1 heterocycles. The zero-order chi connectivity index (χ0) is 23.4. The largest absolute Gasteiger partial charge is 0.492 e. The van der Waals surface area contributed by atoms with Gasteiger partial charge < -0.3 is 19.4 Å². The van der Waals surface area contributed by atoms with Gasteiger partial charge in [0.05, 0.1) is 11.2 Å². The first-order valence-electron chi connectivity index (χ1n) is 10.7. The monoisotopic (exact) mass is 435 g/mol. The van der Waals surface area contributed by atoms with Gasteiger partial charge in [0, 0.05) is 12.1 Å². The van der Waals surface area contributed by atoms with E-state index >= 15 is 0 Å². The Hall–Kier alpha value is -2.90. The number of carbonyl (C=O) groups is 2. The van der Waals surface area contributed by atoms with Crippen LogP contribution in [-0.2, 0) is 20.7 Å². The highest BCUT2D eigenvalue weighted by atomic mass is 16.7. The molecule has 0 spiro atoms. The second-order valence-electron chi connectivity index (χ2n) is 8.96. The first kappa shape index (κ1) is 23.8. The number of nitrogens with one attached hydrogen (secondary N) is 1. The molecule has 2 aromatic carbocycles. The van der Waals surface area contributed by atoms with Crippen LogP contribution in [0.15, 0.2) is 54.0 Å². The fourth-order valence-corrected chi connectivity index (χ4v) is 3.23. The minimum absolute atomic E-state index is 0.176. The van der Waals surface area contributed by atoms with Gasteiger partial charge in [-0.2, -0.15) is 0 Å². The SMILES string of the molecule is Cc1ccc(C=O)cc1C=C(CNC(=O)OCc1ccccc1)B1OC(C)(C)C(C)(C)O1. The topological polar surface area (TPSA) is 73.9 Å². The van der Waals surface area contributed by atoms with Crippen molar-refractivity contribution in [3.05, 3.63) is 76.3 Å². The summed E-state index contributed by atoms with van der Waals surface area (Å²) in [7, 11) is -0.645. The summed E-state index contributed by atoms with van der Waals surface area (Å²) in [4.78, 5) is 23.6. The first-order chi connectivity index (χ1) is 15.1. The van der Waals surface area contributed by atoms with Gasteiger partial charge in [0.2, 0.25) is 0 Å². The van der Waals surface area contributed by atoms with Crippen LogP contribution in [0.25, 0.3) is 6.08 Å². The molecule has 0 unspecified atom stereocenters. The van der Waals surface area contributed by atoms with Gasteiger partial charge in [0.15, 0.2) is 0 Å². The molecule has 1 aliphatic rings. The third-order valence-electron chi connectivity index (χ3n) is 5.99. The maximum atomic E-state index is 12.3. The lowest BCUT2D eigenvalue weighted by atomic mass is 9.76. The standard InChI is InChI=1S/C25H30BNO5/c1-18-11-12-20(16-28)13-21(18)14-22(26-31-24(2,3)25(4,5)32-26)15-27-23(29)30-17-19-9-7-6-8-10-19/h6-14,16H,15,17H2,1-5H3,(H,27,29). The summed E-state index contributed by atoms with van der Waals surface area (Å²) in [6, 6.07) is 15.0. The summed E-state index contributed by atoms with van der Waals surface area (Å²) in [5, 5.41) is 2.79. The molecule has 0 atom stereocenters. The van der Waals surface area contributed by atoms with Crippen LogP contribution in [0.5, 0.6) is 0 Å². The lowest BCUT2D eigenvalue weighted by Gasteiger charge is -2.32. The summed E-state index contributed by atoms with van der Waals surface area (Å²) < 4.78 is 17.7. The molecule has 32 heavy (non-hydrogen) atoms. The van der Waals surface area contributed by atoms with Crippen molar-refractivity contribution >= 4 is 25.6 Å². The molecule has 2 aromatic rings. The van der Waals surface area contributed by atoms with Crippen molar-refractivity contribution in [1.82, 2.24) is 5.32 Å². The quantitative estimate of drug-likeness (QED) is 0.502. The van der Waals surface area contributed by atoms with E-state index in [0.717, 1.165) is 28.4 Å². The van der Waals surface area contributed by atoms with Crippen LogP contribution in [0.2, 0.25) is 0 Å². The number of benzene rings is 2. The van der Waals surface area contributed by atoms with E-state index in [2.05, 4.69) is 5.32 Å². The molecular weight excluding hydrogens is 405 g/mol. The van der Waals surface area contributed by atoms with E-state index < -0.39 is 24.4 Å². The third kappa shape index (κ3) is 5.66. The van der Waals surface area contributed by atoms with Gasteiger partial charge in [0.25, 0.3) is 0 Å². The number of alkyl carbamates (subject to hydrolysis) is 1. The highest BCUT2D eigenvalue weighted by Crippen LogP contribution is 2.38. The number of carbonyl (C=O) groups excluding carboxylic acids is 2. The van der Waals surface area contributed by atoms with Gasteiger partial charge in [-0.05, 0) is 62.8 Å². The molecule has 7 heteroatoms. The lowest BCUT2D eigenvalue weighted by Crippen LogP contribution is -2.41. The van der Waals surface area contributed by atoms with Crippen LogP contribution in [0.3, 0.4) is 0 Å². The summed E-state index contributed by atoms with van der Waals surface area (Å²) in [5.41, 5.74) is 3.02. The molecule has 0 aliphatic carbocycles. The van der Waals surface area contributed by atoms with Crippen LogP contribution in [0.4, 0.5) is 4.79 Å². The van der Waals surface area contributed by atoms with Crippen LogP contribution in [0.1, 0.15) is 54.7 Å². The number of rotatable bonds is 7. The molecule has 3 rings (SSSR count). The molecule has 0 radical (unpaired) electrons. The number of hydrogen-bond donors (Lipinski definition) is 1. The molecule has 1 fully saturated rings. The van der Waals surface area contributed by atoms with E-state index in [9.17, 15) is 9.59 Å². The van der Waals surface area contributed by atoms with Crippen molar-refractivity contribution < 1.29 is 23.6 Å². The Morgan fingerprint density at radius 1 is 1.06 bits per heavy atom. The highest BCUT2D eigenvalue weighted by Gasteiger charge is 2.52. The van der Waals surface area contributed by atoms with Gasteiger partial charge >= 0.3 is 13.2 Å². The number of aldehydes is 1. The van der Waals surface area contributed by atoms with Crippen LogP contribution < -0.4 is 5.32 Å². The van der Waals surface area contributed by atoms with E-state index in [1.807, 2.05) is 77.1 Å². The van der Waals surface area contributed by atoms with Crippen LogP contribution in [-0.4, -0.2) is 37.2 Å². The first-order valence-corrected chi connectivity index (χ1v) is 10.7. The second-order valence-corrected chi connectivity index (χ2v) is 8.96. The van der Waals surface area contributed by atoms with Crippen molar-refractivity contribution in [2.45, 2.75) is 52.4 Å². The van der Waals surface area contributed by atoms with E-state index in [1.54, 1.807) is 12.1 Å². The van der Waals surface area contributed by atoms with Gasteiger partial charge in [-0.1, -0.05) is 48.5 Å². The highest BCUT2D eigenvalue weighted by molar-refractivity contribution is 6.56. The van der Waals surface area contributed by atoms with Crippen LogP contribution in [0, 0.1) is 6.92 Å². The fourth-order valence-electron chi connectivity index (χ4n) is 3.23. The van der Waals surface area contributed by atoms with E-state index in [1.165, 1.54) is 0 Å². The molecule has 1 aliphatic heterocycles. The molecule has 1 saturated heterocycles. The van der Waals surface area contributed by atoms with Crippen molar-refractivity contribution in [3.63, 3.8) is 0 Å². The molecule has 0 bridgehead atoms. The van der Waals surface area contributed by atoms with Gasteiger partial charge in [-0.15, -0.1) is 0 Å². The van der Waals surface area contributed by atoms with Gasteiger partial charge in [0.1, 0.15) is 12.9 Å². The predicted octanol–water partition coefficient (Wildman–Crippen LogP) is 4.75. The van der Waals surface area contributed by atoms with Gasteiger partial charge in [-0.25, -0.2) is 4.79 Å². The average molecular weight is 435 g/mol. The van der Waals surface area contributed by atoms with Gasteiger partial charge in [-0.3, -0.25) is 4.79 Å². The van der Waals surface area contributed by atoms with E-state index in [-0.39, 0.29) is 13.2 Å². The maximum Gasteiger partial charge on any atom is 0.492 e. The number of aryl methyl sites for hydroxylation is 1. The Labute approximate surface area is 190 Å². The van der Waals surface area contributed by atoms with E-state index in [4.69, 9.17) is 14.0 Å². The normalized spacial score (nSPS) is 17.2. The fraction of sp³-hybridized carbons (Fsp3) is 0.360. The third-order valence-corrected chi connectivity index (χ3v) is 5.99. The summed E-state index contributed by atoms with van der Waals surface area (Å²) in [5.74, 6) is 0. The Bertz CT molecular complexity index is 985.